The molecule has 0 atom stereocenters. The van der Waals surface area contributed by atoms with E-state index in [1.54, 1.807) is 25.1 Å². The minimum atomic E-state index is -3.61. The summed E-state index contributed by atoms with van der Waals surface area (Å²) in [6.07, 6.45) is 0.567. The van der Waals surface area contributed by atoms with Gasteiger partial charge in [0.2, 0.25) is 10.0 Å². The maximum atomic E-state index is 13.4. The van der Waals surface area contributed by atoms with E-state index in [0.717, 1.165) is 22.2 Å². The van der Waals surface area contributed by atoms with Gasteiger partial charge in [-0.25, -0.2) is 12.8 Å². The molecule has 0 radical (unpaired) electrons. The molecule has 3 aromatic rings. The highest BCUT2D eigenvalue weighted by atomic mass is 35.5. The Labute approximate surface area is 150 Å². The lowest BCUT2D eigenvalue weighted by atomic mass is 10.1. The van der Waals surface area contributed by atoms with E-state index >= 15 is 0 Å². The number of hydrogen-bond donors (Lipinski definition) is 1. The van der Waals surface area contributed by atoms with Gasteiger partial charge in [-0.1, -0.05) is 11.6 Å². The van der Waals surface area contributed by atoms with Gasteiger partial charge in [-0.05, 0) is 54.4 Å². The predicted molar refractivity (Wildman–Crippen MR) is 95.7 cm³/mol. The molecule has 0 amide bonds. The second-order valence-electron chi connectivity index (χ2n) is 6.27. The first-order valence-corrected chi connectivity index (χ1v) is 9.73. The first-order valence-electron chi connectivity index (χ1n) is 7.91. The standard InChI is InChI=1S/C18H16ClFN2O2S/c1-11-8-13(3-5-16(11)19)25(23,24)22-7-6-17-15(10-22)14-4-2-12(20)9-18(14)21-17/h2-5,8-9,21H,6-7,10H2,1H3. The number of aryl methyl sites for hydroxylation is 1. The zero-order valence-electron chi connectivity index (χ0n) is 13.5. The van der Waals surface area contributed by atoms with Gasteiger partial charge < -0.3 is 4.98 Å². The number of benzene rings is 2. The Bertz CT molecular complexity index is 1090. The highest BCUT2D eigenvalue weighted by Crippen LogP contribution is 2.31. The number of H-pyrrole nitrogens is 1. The Kier molecular flexibility index (Phi) is 3.86. The molecule has 0 saturated heterocycles. The largest absolute Gasteiger partial charge is 0.358 e. The van der Waals surface area contributed by atoms with Crippen LogP contribution in [0.15, 0.2) is 41.3 Å². The Hall–Kier alpha value is -1.89. The molecule has 0 aliphatic carbocycles. The second kappa shape index (κ2) is 5.83. The van der Waals surface area contributed by atoms with Crippen LogP contribution in [0.25, 0.3) is 10.9 Å². The van der Waals surface area contributed by atoms with Crippen molar-refractivity contribution in [3.8, 4) is 0 Å². The van der Waals surface area contributed by atoms with Gasteiger partial charge in [0.25, 0.3) is 0 Å². The zero-order valence-corrected chi connectivity index (χ0v) is 15.1. The van der Waals surface area contributed by atoms with E-state index in [0.29, 0.717) is 23.5 Å². The van der Waals surface area contributed by atoms with E-state index < -0.39 is 10.0 Å². The van der Waals surface area contributed by atoms with E-state index in [2.05, 4.69) is 4.98 Å². The topological polar surface area (TPSA) is 53.2 Å². The number of nitrogens with zero attached hydrogens (tertiary/aromatic N) is 1. The number of hydrogen-bond acceptors (Lipinski definition) is 2. The van der Waals surface area contributed by atoms with Gasteiger partial charge in [0.15, 0.2) is 0 Å². The normalized spacial score (nSPS) is 15.5. The summed E-state index contributed by atoms with van der Waals surface area (Å²) < 4.78 is 40.9. The van der Waals surface area contributed by atoms with Crippen molar-refractivity contribution in [1.82, 2.24) is 9.29 Å². The van der Waals surface area contributed by atoms with Crippen molar-refractivity contribution < 1.29 is 12.8 Å². The molecular weight excluding hydrogens is 363 g/mol. The van der Waals surface area contributed by atoms with Crippen LogP contribution in [0, 0.1) is 12.7 Å². The quantitative estimate of drug-likeness (QED) is 0.732. The van der Waals surface area contributed by atoms with Crippen LogP contribution in [0.1, 0.15) is 16.8 Å². The molecule has 1 N–H and O–H groups in total. The third kappa shape index (κ3) is 2.74. The number of rotatable bonds is 2. The van der Waals surface area contributed by atoms with Crippen molar-refractivity contribution in [2.75, 3.05) is 6.54 Å². The molecule has 4 nitrogen and oxygen atoms in total. The number of fused-ring (bicyclic) bond motifs is 3. The summed E-state index contributed by atoms with van der Waals surface area (Å²) in [5.74, 6) is -0.313. The zero-order chi connectivity index (χ0) is 17.8. The highest BCUT2D eigenvalue weighted by molar-refractivity contribution is 7.89. The molecule has 0 unspecified atom stereocenters. The monoisotopic (exact) mass is 378 g/mol. The van der Waals surface area contributed by atoms with Gasteiger partial charge in [-0.15, -0.1) is 0 Å². The van der Waals surface area contributed by atoms with E-state index in [4.69, 9.17) is 11.6 Å². The molecule has 2 aromatic carbocycles. The summed E-state index contributed by atoms with van der Waals surface area (Å²) in [7, 11) is -3.61. The van der Waals surface area contributed by atoms with Gasteiger partial charge in [0.05, 0.1) is 4.90 Å². The van der Waals surface area contributed by atoms with Gasteiger partial charge in [-0.2, -0.15) is 4.31 Å². The first kappa shape index (κ1) is 16.6. The molecular formula is C18H16ClFN2O2S. The maximum Gasteiger partial charge on any atom is 0.243 e. The van der Waals surface area contributed by atoms with Gasteiger partial charge in [0.1, 0.15) is 5.82 Å². The molecule has 130 valence electrons. The van der Waals surface area contributed by atoms with Crippen molar-refractivity contribution in [2.24, 2.45) is 0 Å². The van der Waals surface area contributed by atoms with E-state index in [-0.39, 0.29) is 17.3 Å². The Morgan fingerprint density at radius 3 is 2.76 bits per heavy atom. The van der Waals surface area contributed by atoms with Crippen LogP contribution in [0.2, 0.25) is 5.02 Å². The summed E-state index contributed by atoms with van der Waals surface area (Å²) in [4.78, 5) is 3.45. The van der Waals surface area contributed by atoms with Crippen molar-refractivity contribution in [3.05, 3.63) is 64.1 Å². The van der Waals surface area contributed by atoms with E-state index in [1.165, 1.54) is 22.5 Å². The predicted octanol–water partition coefficient (Wildman–Crippen LogP) is 4.02. The van der Waals surface area contributed by atoms with Crippen molar-refractivity contribution in [2.45, 2.75) is 24.8 Å². The van der Waals surface area contributed by atoms with E-state index in [1.807, 2.05) is 0 Å². The lowest BCUT2D eigenvalue weighted by Crippen LogP contribution is -2.35. The van der Waals surface area contributed by atoms with Crippen LogP contribution in [-0.4, -0.2) is 24.3 Å². The fraction of sp³-hybridized carbons (Fsp3) is 0.222. The summed E-state index contributed by atoms with van der Waals surface area (Å²) in [5.41, 5.74) is 3.31. The second-order valence-corrected chi connectivity index (χ2v) is 8.62. The molecule has 0 spiro atoms. The lowest BCUT2D eigenvalue weighted by Gasteiger charge is -2.26. The third-order valence-corrected chi connectivity index (χ3v) is 6.93. The van der Waals surface area contributed by atoms with Gasteiger partial charge >= 0.3 is 0 Å². The number of halogens is 2. The number of aromatic amines is 1. The third-order valence-electron chi connectivity index (χ3n) is 4.67. The van der Waals surface area contributed by atoms with Crippen LogP contribution < -0.4 is 0 Å². The Balaban J connectivity index is 1.74. The SMILES string of the molecule is Cc1cc(S(=O)(=O)N2CCc3[nH]c4cc(F)ccc4c3C2)ccc1Cl. The molecule has 7 heteroatoms. The molecule has 0 saturated carbocycles. The van der Waals surface area contributed by atoms with Crippen molar-refractivity contribution in [3.63, 3.8) is 0 Å². The van der Waals surface area contributed by atoms with Crippen LogP contribution in [0.5, 0.6) is 0 Å². The summed E-state index contributed by atoms with van der Waals surface area (Å²) in [5, 5.41) is 1.40. The van der Waals surface area contributed by atoms with Crippen LogP contribution in [-0.2, 0) is 23.0 Å². The summed E-state index contributed by atoms with van der Waals surface area (Å²) in [6, 6.07) is 9.26. The van der Waals surface area contributed by atoms with Crippen molar-refractivity contribution in [1.29, 1.82) is 0 Å². The smallest absolute Gasteiger partial charge is 0.243 e. The molecule has 0 bridgehead atoms. The average Bonchev–Trinajstić information content (AvgIpc) is 2.93. The molecule has 25 heavy (non-hydrogen) atoms. The molecule has 2 heterocycles. The van der Waals surface area contributed by atoms with Crippen LogP contribution >= 0.6 is 11.6 Å². The van der Waals surface area contributed by atoms with Crippen molar-refractivity contribution >= 4 is 32.5 Å². The molecule has 0 fully saturated rings. The number of nitrogens with one attached hydrogen (secondary N) is 1. The van der Waals surface area contributed by atoms with E-state index in [9.17, 15) is 12.8 Å². The molecule has 1 aliphatic heterocycles. The minimum Gasteiger partial charge on any atom is -0.358 e. The summed E-state index contributed by atoms with van der Waals surface area (Å²) in [6.45, 7) is 2.43. The fourth-order valence-electron chi connectivity index (χ4n) is 3.30. The maximum absolute atomic E-state index is 13.4. The van der Waals surface area contributed by atoms with Crippen LogP contribution in [0.3, 0.4) is 0 Å². The molecule has 1 aliphatic rings. The van der Waals surface area contributed by atoms with Gasteiger partial charge in [-0.3, -0.25) is 0 Å². The Morgan fingerprint density at radius 1 is 1.20 bits per heavy atom. The lowest BCUT2D eigenvalue weighted by molar-refractivity contribution is 0.391. The molecule has 1 aromatic heterocycles. The minimum absolute atomic E-state index is 0.240. The van der Waals surface area contributed by atoms with Gasteiger partial charge in [0, 0.05) is 41.1 Å². The number of sulfonamides is 1. The van der Waals surface area contributed by atoms with Crippen LogP contribution in [0.4, 0.5) is 4.39 Å². The Morgan fingerprint density at radius 2 is 2.00 bits per heavy atom. The summed E-state index contributed by atoms with van der Waals surface area (Å²) >= 11 is 6.00. The fourth-order valence-corrected chi connectivity index (χ4v) is 4.91. The number of aromatic nitrogens is 1. The average molecular weight is 379 g/mol. The molecule has 4 rings (SSSR count). The first-order chi connectivity index (χ1) is 11.9. The highest BCUT2D eigenvalue weighted by Gasteiger charge is 2.30.